The summed E-state index contributed by atoms with van der Waals surface area (Å²) in [5.41, 5.74) is 11.2. The number of aromatic nitrogens is 1. The van der Waals surface area contributed by atoms with Crippen LogP contribution < -0.4 is 11.1 Å². The van der Waals surface area contributed by atoms with E-state index in [1.54, 1.807) is 4.31 Å². The first kappa shape index (κ1) is 27.8. The van der Waals surface area contributed by atoms with E-state index in [0.29, 0.717) is 25.6 Å². The fourth-order valence-corrected chi connectivity index (χ4v) is 7.81. The second kappa shape index (κ2) is 12.2. The van der Waals surface area contributed by atoms with Crippen LogP contribution in [0, 0.1) is 0 Å². The zero-order chi connectivity index (χ0) is 27.4. The fraction of sp³-hybridized carbons (Fsp3) is 0.500. The van der Waals surface area contributed by atoms with Crippen LogP contribution in [0.4, 0.5) is 0 Å². The van der Waals surface area contributed by atoms with Gasteiger partial charge in [0.05, 0.1) is 18.8 Å². The number of aliphatic hydroxyl groups is 1. The molecule has 1 saturated heterocycles. The lowest BCUT2D eigenvalue weighted by Crippen LogP contribution is -2.40. The van der Waals surface area contributed by atoms with Crippen molar-refractivity contribution < 1.29 is 18.3 Å². The lowest BCUT2D eigenvalue weighted by Gasteiger charge is -2.31. The predicted octanol–water partition coefficient (Wildman–Crippen LogP) is 3.79. The highest BCUT2D eigenvalue weighted by molar-refractivity contribution is 7.89. The molecule has 3 aromatic rings. The maximum atomic E-state index is 13.0. The molecule has 0 radical (unpaired) electrons. The number of aliphatic hydroxyl groups excluding tert-OH is 1. The van der Waals surface area contributed by atoms with Gasteiger partial charge >= 0.3 is 0 Å². The Morgan fingerprint density at radius 2 is 1.85 bits per heavy atom. The van der Waals surface area contributed by atoms with Crippen molar-refractivity contribution in [2.45, 2.75) is 69.9 Å². The number of carbonyl (C=O) groups is 1. The molecule has 0 atom stereocenters. The molecule has 9 heteroatoms. The molecule has 0 bridgehead atoms. The number of nitrogens with two attached hydrogens (primary N) is 1. The molecule has 2 aliphatic rings. The van der Waals surface area contributed by atoms with E-state index in [1.165, 1.54) is 25.7 Å². The van der Waals surface area contributed by atoms with Crippen LogP contribution in [0.2, 0.25) is 0 Å². The molecule has 0 spiro atoms. The lowest BCUT2D eigenvalue weighted by molar-refractivity contribution is -0.117. The maximum Gasteiger partial charge on any atom is 0.221 e. The lowest BCUT2D eigenvalue weighted by atomic mass is 9.88. The van der Waals surface area contributed by atoms with E-state index in [2.05, 4.69) is 16.4 Å². The smallest absolute Gasteiger partial charge is 0.221 e. The first-order valence-corrected chi connectivity index (χ1v) is 15.8. The second-order valence-corrected chi connectivity index (χ2v) is 13.2. The number of carbonyl (C=O) groups excluding carboxylic acids is 1. The van der Waals surface area contributed by atoms with Crippen LogP contribution in [-0.4, -0.2) is 60.1 Å². The van der Waals surface area contributed by atoms with Crippen LogP contribution >= 0.6 is 0 Å². The van der Waals surface area contributed by atoms with Gasteiger partial charge in [-0.1, -0.05) is 31.0 Å². The Bertz CT molecular complexity index is 1400. The van der Waals surface area contributed by atoms with Gasteiger partial charge in [-0.15, -0.1) is 0 Å². The average Bonchev–Trinajstić information content (AvgIpc) is 3.61. The van der Waals surface area contributed by atoms with Gasteiger partial charge in [0.2, 0.25) is 15.9 Å². The van der Waals surface area contributed by atoms with Crippen LogP contribution in [0.5, 0.6) is 0 Å². The van der Waals surface area contributed by atoms with Gasteiger partial charge < -0.3 is 21.1 Å². The van der Waals surface area contributed by atoms with Crippen LogP contribution in [0.1, 0.15) is 67.6 Å². The van der Waals surface area contributed by atoms with Crippen molar-refractivity contribution in [3.8, 4) is 11.1 Å². The summed E-state index contributed by atoms with van der Waals surface area (Å²) < 4.78 is 27.7. The van der Waals surface area contributed by atoms with Gasteiger partial charge in [-0.25, -0.2) is 12.7 Å². The highest BCUT2D eigenvalue weighted by atomic mass is 32.2. The Morgan fingerprint density at radius 1 is 1.08 bits per heavy atom. The zero-order valence-corrected chi connectivity index (χ0v) is 23.3. The molecule has 1 aliphatic carbocycles. The van der Waals surface area contributed by atoms with Crippen molar-refractivity contribution in [1.82, 2.24) is 14.6 Å². The number of fused-ring (bicyclic) bond motifs is 1. The summed E-state index contributed by atoms with van der Waals surface area (Å²) in [6, 6.07) is 12.4. The number of benzene rings is 2. The normalized spacial score (nSPS) is 17.8. The number of hydrogen-bond donors (Lipinski definition) is 4. The van der Waals surface area contributed by atoms with E-state index in [-0.39, 0.29) is 24.7 Å². The third-order valence-corrected chi connectivity index (χ3v) is 10.3. The second-order valence-electron chi connectivity index (χ2n) is 11.1. The summed E-state index contributed by atoms with van der Waals surface area (Å²) >= 11 is 0. The minimum absolute atomic E-state index is 0.0435. The van der Waals surface area contributed by atoms with E-state index in [1.807, 2.05) is 36.5 Å². The van der Waals surface area contributed by atoms with Crippen LogP contribution in [0.25, 0.3) is 22.0 Å². The molecule has 8 nitrogen and oxygen atoms in total. The number of aromatic amines is 1. The van der Waals surface area contributed by atoms with Crippen LogP contribution in [0.3, 0.4) is 0 Å². The SMILES string of the molecule is NC(=O)Cc1cc(-c2cccc(CO)c2)cc2c(C3CCN(S(=O)(=O)CCCNC4CCCC4)CC3)c[nH]c12. The molecular weight excluding hydrogens is 512 g/mol. The molecule has 2 heterocycles. The van der Waals surface area contributed by atoms with Gasteiger partial charge in [0.25, 0.3) is 0 Å². The van der Waals surface area contributed by atoms with Crippen molar-refractivity contribution in [2.75, 3.05) is 25.4 Å². The first-order valence-electron chi connectivity index (χ1n) is 14.2. The van der Waals surface area contributed by atoms with E-state index < -0.39 is 15.9 Å². The van der Waals surface area contributed by atoms with E-state index in [0.717, 1.165) is 58.1 Å². The highest BCUT2D eigenvalue weighted by Gasteiger charge is 2.30. The molecule has 2 fully saturated rings. The van der Waals surface area contributed by atoms with Gasteiger partial charge in [0.15, 0.2) is 0 Å². The first-order chi connectivity index (χ1) is 18.8. The molecular formula is C30H40N4O4S. The average molecular weight is 553 g/mol. The van der Waals surface area contributed by atoms with E-state index >= 15 is 0 Å². The highest BCUT2D eigenvalue weighted by Crippen LogP contribution is 2.37. The maximum absolute atomic E-state index is 13.0. The Balaban J connectivity index is 1.30. The minimum Gasteiger partial charge on any atom is -0.392 e. The summed E-state index contributed by atoms with van der Waals surface area (Å²) in [5, 5.41) is 14.2. The van der Waals surface area contributed by atoms with Crippen molar-refractivity contribution >= 4 is 26.8 Å². The molecule has 5 rings (SSSR count). The number of rotatable bonds is 11. The van der Waals surface area contributed by atoms with E-state index in [9.17, 15) is 18.3 Å². The molecule has 39 heavy (non-hydrogen) atoms. The van der Waals surface area contributed by atoms with Crippen molar-refractivity contribution in [3.05, 3.63) is 59.3 Å². The van der Waals surface area contributed by atoms with Gasteiger partial charge in [-0.05, 0) is 90.6 Å². The number of hydrogen-bond acceptors (Lipinski definition) is 5. The third-order valence-electron chi connectivity index (χ3n) is 8.37. The van der Waals surface area contributed by atoms with Crippen molar-refractivity contribution in [3.63, 3.8) is 0 Å². The number of piperidine rings is 1. The quantitative estimate of drug-likeness (QED) is 0.269. The molecule has 2 aromatic carbocycles. The summed E-state index contributed by atoms with van der Waals surface area (Å²) in [6.45, 7) is 1.75. The Labute approximate surface area is 231 Å². The van der Waals surface area contributed by atoms with Gasteiger partial charge in [-0.2, -0.15) is 0 Å². The summed E-state index contributed by atoms with van der Waals surface area (Å²) in [5.74, 6) is 0.0115. The van der Waals surface area contributed by atoms with Gasteiger partial charge in [0.1, 0.15) is 0 Å². The number of sulfonamides is 1. The van der Waals surface area contributed by atoms with Gasteiger partial charge in [-0.3, -0.25) is 4.79 Å². The molecule has 0 unspecified atom stereocenters. The summed E-state index contributed by atoms with van der Waals surface area (Å²) in [7, 11) is -3.27. The molecule has 1 amide bonds. The van der Waals surface area contributed by atoms with Crippen LogP contribution in [0.15, 0.2) is 42.6 Å². The van der Waals surface area contributed by atoms with Crippen molar-refractivity contribution in [2.24, 2.45) is 5.73 Å². The van der Waals surface area contributed by atoms with Gasteiger partial charge in [0, 0.05) is 36.2 Å². The zero-order valence-electron chi connectivity index (χ0n) is 22.5. The Kier molecular flexibility index (Phi) is 8.71. The number of H-pyrrole nitrogens is 1. The summed E-state index contributed by atoms with van der Waals surface area (Å²) in [6.07, 6.45) is 9.22. The minimum atomic E-state index is -3.27. The topological polar surface area (TPSA) is 129 Å². The van der Waals surface area contributed by atoms with Crippen LogP contribution in [-0.2, 0) is 27.8 Å². The largest absolute Gasteiger partial charge is 0.392 e. The Hall–Kier alpha value is -2.72. The molecule has 1 aliphatic heterocycles. The van der Waals surface area contributed by atoms with Crippen molar-refractivity contribution in [1.29, 1.82) is 0 Å². The monoisotopic (exact) mass is 552 g/mol. The molecule has 210 valence electrons. The summed E-state index contributed by atoms with van der Waals surface area (Å²) in [4.78, 5) is 15.2. The predicted molar refractivity (Wildman–Crippen MR) is 155 cm³/mol. The molecule has 1 saturated carbocycles. The Morgan fingerprint density at radius 3 is 2.56 bits per heavy atom. The number of primary amides is 1. The number of nitrogens with one attached hydrogen (secondary N) is 2. The van der Waals surface area contributed by atoms with E-state index in [4.69, 9.17) is 5.73 Å². The third kappa shape index (κ3) is 6.54. The molecule has 5 N–H and O–H groups in total. The number of nitrogens with zero attached hydrogens (tertiary/aromatic N) is 1. The number of amides is 1. The standard InChI is InChI=1S/C30H40N4O4S/c31-29(36)18-25-16-24(23-6-3-5-21(15-23)20-35)17-27-28(19-33-30(25)27)22-9-12-34(13-10-22)39(37,38)14-4-11-32-26-7-1-2-8-26/h3,5-6,15-17,19,22,26,32-33,35H,1-2,4,7-14,18,20H2,(H2,31,36). The fourth-order valence-electron chi connectivity index (χ4n) is 6.27. The molecule has 1 aromatic heterocycles.